The van der Waals surface area contributed by atoms with E-state index in [9.17, 15) is 4.79 Å². The predicted octanol–water partition coefficient (Wildman–Crippen LogP) is 1.29. The van der Waals surface area contributed by atoms with Crippen LogP contribution in [0.4, 0.5) is 5.82 Å². The third-order valence-corrected chi connectivity index (χ3v) is 2.45. The summed E-state index contributed by atoms with van der Waals surface area (Å²) in [7, 11) is 1.26. The highest BCUT2D eigenvalue weighted by Crippen LogP contribution is 2.22. The van der Waals surface area contributed by atoms with Gasteiger partial charge in [-0.25, -0.2) is 14.8 Å². The first-order valence-corrected chi connectivity index (χ1v) is 5.05. The van der Waals surface area contributed by atoms with E-state index >= 15 is 0 Å². The average Bonchev–Trinajstić information content (AvgIpc) is 2.71. The Hall–Kier alpha value is -2.08. The van der Waals surface area contributed by atoms with Crippen molar-refractivity contribution in [3.8, 4) is 5.82 Å². The van der Waals surface area contributed by atoms with Gasteiger partial charge in [0.05, 0.1) is 12.1 Å². The van der Waals surface area contributed by atoms with Crippen molar-refractivity contribution in [2.75, 3.05) is 12.8 Å². The lowest BCUT2D eigenvalue weighted by molar-refractivity contribution is 0.0596. The Kier molecular flexibility index (Phi) is 2.97. The van der Waals surface area contributed by atoms with Gasteiger partial charge >= 0.3 is 5.97 Å². The molecule has 7 heteroatoms. The van der Waals surface area contributed by atoms with Gasteiger partial charge in [-0.2, -0.15) is 0 Å². The highest BCUT2D eigenvalue weighted by molar-refractivity contribution is 6.32. The molecule has 0 amide bonds. The molecule has 6 nitrogen and oxygen atoms in total. The van der Waals surface area contributed by atoms with Crippen molar-refractivity contribution in [1.29, 1.82) is 0 Å². The number of nitrogen functional groups attached to an aromatic ring is 1. The molecular weight excluding hydrogens is 244 g/mol. The normalized spacial score (nSPS) is 10.2. The Bertz CT molecular complexity index is 567. The summed E-state index contributed by atoms with van der Waals surface area (Å²) in [6.07, 6.45) is 2.94. The standard InChI is InChI=1S/C10H9ClN4O2/c1-17-10(16)7-8(12)15(5-14-7)9-6(11)3-2-4-13-9/h2-5H,12H2,1H3. The monoisotopic (exact) mass is 252 g/mol. The van der Waals surface area contributed by atoms with Crippen molar-refractivity contribution in [2.45, 2.75) is 0 Å². The maximum atomic E-state index is 11.3. The molecular formula is C10H9ClN4O2. The molecule has 2 aromatic rings. The largest absolute Gasteiger partial charge is 0.464 e. The van der Waals surface area contributed by atoms with E-state index in [1.807, 2.05) is 0 Å². The van der Waals surface area contributed by atoms with Gasteiger partial charge in [0.15, 0.2) is 11.5 Å². The average molecular weight is 253 g/mol. The topological polar surface area (TPSA) is 83.0 Å². The molecule has 0 aliphatic carbocycles. The number of pyridine rings is 1. The number of ether oxygens (including phenoxy) is 1. The quantitative estimate of drug-likeness (QED) is 0.815. The zero-order valence-electron chi connectivity index (χ0n) is 8.92. The van der Waals surface area contributed by atoms with Gasteiger partial charge in [-0.05, 0) is 12.1 Å². The SMILES string of the molecule is COC(=O)c1ncn(-c2ncccc2Cl)c1N. The Morgan fingerprint density at radius 1 is 1.53 bits per heavy atom. The Balaban J connectivity index is 2.52. The lowest BCUT2D eigenvalue weighted by atomic mass is 10.4. The van der Waals surface area contributed by atoms with E-state index in [4.69, 9.17) is 17.3 Å². The van der Waals surface area contributed by atoms with Crippen LogP contribution >= 0.6 is 11.6 Å². The van der Waals surface area contributed by atoms with Crippen molar-refractivity contribution < 1.29 is 9.53 Å². The van der Waals surface area contributed by atoms with Crippen LogP contribution in [0.5, 0.6) is 0 Å². The zero-order chi connectivity index (χ0) is 12.4. The number of halogens is 1. The number of anilines is 1. The molecule has 2 heterocycles. The number of aromatic nitrogens is 3. The summed E-state index contributed by atoms with van der Waals surface area (Å²) in [5, 5.41) is 0.410. The highest BCUT2D eigenvalue weighted by Gasteiger charge is 2.18. The summed E-state index contributed by atoms with van der Waals surface area (Å²) in [5.74, 6) is -0.0555. The third kappa shape index (κ3) is 1.94. The molecule has 0 saturated heterocycles. The van der Waals surface area contributed by atoms with Crippen LogP contribution in [0, 0.1) is 0 Å². The second-order valence-corrected chi connectivity index (χ2v) is 3.56. The lowest BCUT2D eigenvalue weighted by Gasteiger charge is -2.05. The van der Waals surface area contributed by atoms with Crippen LogP contribution in [0.3, 0.4) is 0 Å². The molecule has 0 aromatic carbocycles. The van der Waals surface area contributed by atoms with Crippen LogP contribution in [0.2, 0.25) is 5.02 Å². The van der Waals surface area contributed by atoms with E-state index in [-0.39, 0.29) is 11.5 Å². The van der Waals surface area contributed by atoms with E-state index < -0.39 is 5.97 Å². The summed E-state index contributed by atoms with van der Waals surface area (Å²) in [5.41, 5.74) is 5.82. The smallest absolute Gasteiger partial charge is 0.360 e. The van der Waals surface area contributed by atoms with Gasteiger partial charge < -0.3 is 10.5 Å². The van der Waals surface area contributed by atoms with E-state index in [1.165, 1.54) is 18.0 Å². The van der Waals surface area contributed by atoms with Crippen LogP contribution in [-0.4, -0.2) is 27.6 Å². The van der Waals surface area contributed by atoms with Crippen molar-refractivity contribution in [3.63, 3.8) is 0 Å². The Morgan fingerprint density at radius 3 is 2.94 bits per heavy atom. The Labute approximate surface area is 102 Å². The van der Waals surface area contributed by atoms with Crippen molar-refractivity contribution in [2.24, 2.45) is 0 Å². The molecule has 0 radical (unpaired) electrons. The van der Waals surface area contributed by atoms with Gasteiger partial charge in [0, 0.05) is 6.20 Å². The molecule has 0 aliphatic rings. The molecule has 2 N–H and O–H groups in total. The summed E-state index contributed by atoms with van der Waals surface area (Å²) < 4.78 is 5.97. The maximum absolute atomic E-state index is 11.3. The molecule has 17 heavy (non-hydrogen) atoms. The van der Waals surface area contributed by atoms with Gasteiger partial charge in [0.1, 0.15) is 12.1 Å². The summed E-state index contributed by atoms with van der Waals surface area (Å²) in [4.78, 5) is 19.3. The number of rotatable bonds is 2. The van der Waals surface area contributed by atoms with Crippen LogP contribution in [0.15, 0.2) is 24.7 Å². The predicted molar refractivity (Wildman–Crippen MR) is 62.1 cm³/mol. The molecule has 0 spiro atoms. The molecule has 0 aliphatic heterocycles. The number of carbonyl (C=O) groups excluding carboxylic acids is 1. The van der Waals surface area contributed by atoms with Gasteiger partial charge in [0.2, 0.25) is 0 Å². The first-order valence-electron chi connectivity index (χ1n) is 4.67. The first kappa shape index (κ1) is 11.4. The molecule has 0 saturated carbocycles. The van der Waals surface area contributed by atoms with E-state index in [1.54, 1.807) is 18.3 Å². The fraction of sp³-hybridized carbons (Fsp3) is 0.100. The fourth-order valence-corrected chi connectivity index (χ4v) is 1.55. The van der Waals surface area contributed by atoms with Gasteiger partial charge in [-0.1, -0.05) is 11.6 Å². The number of esters is 1. The number of imidazole rings is 1. The van der Waals surface area contributed by atoms with Gasteiger partial charge in [0.25, 0.3) is 0 Å². The second-order valence-electron chi connectivity index (χ2n) is 3.15. The van der Waals surface area contributed by atoms with Crippen molar-refractivity contribution >= 4 is 23.4 Å². The first-order chi connectivity index (χ1) is 8.15. The van der Waals surface area contributed by atoms with Crippen LogP contribution in [0.25, 0.3) is 5.82 Å². The third-order valence-electron chi connectivity index (χ3n) is 2.15. The number of hydrogen-bond acceptors (Lipinski definition) is 5. The van der Waals surface area contributed by atoms with Crippen LogP contribution < -0.4 is 5.73 Å². The van der Waals surface area contributed by atoms with Gasteiger partial charge in [-0.15, -0.1) is 0 Å². The maximum Gasteiger partial charge on any atom is 0.360 e. The second kappa shape index (κ2) is 4.42. The molecule has 2 rings (SSSR count). The minimum atomic E-state index is -0.603. The number of carbonyl (C=O) groups is 1. The molecule has 0 bridgehead atoms. The van der Waals surface area contributed by atoms with Crippen molar-refractivity contribution in [3.05, 3.63) is 35.4 Å². The minimum Gasteiger partial charge on any atom is -0.464 e. The highest BCUT2D eigenvalue weighted by atomic mass is 35.5. The number of nitrogens with two attached hydrogens (primary N) is 1. The summed E-state index contributed by atoms with van der Waals surface area (Å²) >= 11 is 5.97. The molecule has 0 unspecified atom stereocenters. The van der Waals surface area contributed by atoms with E-state index in [0.717, 1.165) is 0 Å². The van der Waals surface area contributed by atoms with E-state index in [2.05, 4.69) is 14.7 Å². The van der Waals surface area contributed by atoms with Crippen molar-refractivity contribution in [1.82, 2.24) is 14.5 Å². The molecule has 0 fully saturated rings. The summed E-state index contributed by atoms with van der Waals surface area (Å²) in [6, 6.07) is 3.36. The molecule has 88 valence electrons. The van der Waals surface area contributed by atoms with Crippen LogP contribution in [-0.2, 0) is 4.74 Å². The van der Waals surface area contributed by atoms with Gasteiger partial charge in [-0.3, -0.25) is 4.57 Å². The Morgan fingerprint density at radius 2 is 2.29 bits per heavy atom. The number of methoxy groups -OCH3 is 1. The fourth-order valence-electron chi connectivity index (χ4n) is 1.34. The zero-order valence-corrected chi connectivity index (χ0v) is 9.68. The van der Waals surface area contributed by atoms with Crippen LogP contribution in [0.1, 0.15) is 10.5 Å². The number of hydrogen-bond donors (Lipinski definition) is 1. The van der Waals surface area contributed by atoms with E-state index in [0.29, 0.717) is 10.8 Å². The lowest BCUT2D eigenvalue weighted by Crippen LogP contribution is -2.08. The summed E-state index contributed by atoms with van der Waals surface area (Å²) in [6.45, 7) is 0. The number of nitrogens with zero attached hydrogens (tertiary/aromatic N) is 3. The molecule has 2 aromatic heterocycles. The minimum absolute atomic E-state index is 0.0363. The molecule has 0 atom stereocenters.